The van der Waals surface area contributed by atoms with E-state index in [1.165, 1.54) is 51.9 Å². The van der Waals surface area contributed by atoms with Crippen molar-refractivity contribution in [3.05, 3.63) is 0 Å². The van der Waals surface area contributed by atoms with Crippen molar-refractivity contribution in [2.24, 2.45) is 22.7 Å². The highest BCUT2D eigenvalue weighted by molar-refractivity contribution is 14.0. The van der Waals surface area contributed by atoms with E-state index in [2.05, 4.69) is 42.9 Å². The first-order valence-corrected chi connectivity index (χ1v) is 9.39. The van der Waals surface area contributed by atoms with Gasteiger partial charge in [0.2, 0.25) is 0 Å². The number of aliphatic imine (C=N–C) groups is 1. The number of halogens is 1. The molecular weight excluding hydrogens is 399 g/mol. The second-order valence-electron chi connectivity index (χ2n) is 7.18. The summed E-state index contributed by atoms with van der Waals surface area (Å²) in [6, 6.07) is 0. The van der Waals surface area contributed by atoms with Gasteiger partial charge in [-0.05, 0) is 51.1 Å². The minimum absolute atomic E-state index is 0. The summed E-state index contributed by atoms with van der Waals surface area (Å²) in [6.45, 7) is 13.6. The van der Waals surface area contributed by atoms with Gasteiger partial charge in [-0.3, -0.25) is 4.99 Å². The summed E-state index contributed by atoms with van der Waals surface area (Å²) >= 11 is 0. The van der Waals surface area contributed by atoms with E-state index in [9.17, 15) is 0 Å². The summed E-state index contributed by atoms with van der Waals surface area (Å²) in [6.07, 6.45) is 5.27. The molecule has 2 heterocycles. The molecule has 0 bridgehead atoms. The minimum atomic E-state index is 0. The van der Waals surface area contributed by atoms with Crippen LogP contribution in [0.3, 0.4) is 0 Å². The fraction of sp³-hybridized carbons (Fsp3) is 0.944. The van der Waals surface area contributed by atoms with Crippen molar-refractivity contribution < 1.29 is 0 Å². The summed E-state index contributed by atoms with van der Waals surface area (Å²) < 4.78 is 0. The number of guanidine groups is 1. The van der Waals surface area contributed by atoms with Crippen LogP contribution >= 0.6 is 24.0 Å². The van der Waals surface area contributed by atoms with Gasteiger partial charge in [-0.15, -0.1) is 24.0 Å². The maximum atomic E-state index is 4.96. The number of hydrogen-bond donors (Lipinski definition) is 1. The molecule has 2 aliphatic rings. The van der Waals surface area contributed by atoms with Gasteiger partial charge in [0.15, 0.2) is 5.96 Å². The van der Waals surface area contributed by atoms with Crippen molar-refractivity contribution in [2.75, 3.05) is 46.3 Å². The van der Waals surface area contributed by atoms with E-state index >= 15 is 0 Å². The van der Waals surface area contributed by atoms with Crippen molar-refractivity contribution in [1.82, 2.24) is 15.1 Å². The number of rotatable bonds is 6. The van der Waals surface area contributed by atoms with Crippen LogP contribution in [-0.2, 0) is 0 Å². The fourth-order valence-electron chi connectivity index (χ4n) is 4.14. The zero-order valence-corrected chi connectivity index (χ0v) is 17.9. The molecule has 2 rings (SSSR count). The molecule has 2 saturated heterocycles. The molecule has 0 aliphatic carbocycles. The summed E-state index contributed by atoms with van der Waals surface area (Å²) in [4.78, 5) is 9.89. The summed E-state index contributed by atoms with van der Waals surface area (Å²) in [5.41, 5.74) is 0. The highest BCUT2D eigenvalue weighted by Gasteiger charge is 2.29. The van der Waals surface area contributed by atoms with Gasteiger partial charge in [-0.25, -0.2) is 0 Å². The first-order chi connectivity index (χ1) is 10.7. The summed E-state index contributed by atoms with van der Waals surface area (Å²) in [7, 11) is 2.22. The van der Waals surface area contributed by atoms with Crippen LogP contribution in [0.2, 0.25) is 0 Å². The molecule has 0 amide bonds. The van der Waals surface area contributed by atoms with Gasteiger partial charge in [-0.2, -0.15) is 0 Å². The largest absolute Gasteiger partial charge is 0.357 e. The summed E-state index contributed by atoms with van der Waals surface area (Å²) in [5, 5.41) is 3.52. The van der Waals surface area contributed by atoms with Crippen molar-refractivity contribution >= 4 is 29.9 Å². The Hall–Kier alpha value is -0.0400. The first kappa shape index (κ1) is 21.0. The number of hydrogen-bond acceptors (Lipinski definition) is 2. The Bertz CT molecular complexity index is 357. The SMILES string of the molecule is CCNC(=NCC1CCN(C)C1)N1CCC(C(CC)CC)C1.I. The molecule has 4 nitrogen and oxygen atoms in total. The maximum Gasteiger partial charge on any atom is 0.193 e. The zero-order chi connectivity index (χ0) is 15.9. The Morgan fingerprint density at radius 2 is 1.87 bits per heavy atom. The molecule has 23 heavy (non-hydrogen) atoms. The predicted molar refractivity (Wildman–Crippen MR) is 111 cm³/mol. The number of likely N-dealkylation sites (tertiary alicyclic amines) is 2. The standard InChI is InChI=1S/C18H36N4.HI/c1-5-16(6-2)17-9-11-22(14-17)18(19-7-3)20-12-15-8-10-21(4)13-15;/h15-17H,5-14H2,1-4H3,(H,19,20);1H. The van der Waals surface area contributed by atoms with Crippen LogP contribution in [0.5, 0.6) is 0 Å². The topological polar surface area (TPSA) is 30.9 Å². The molecule has 136 valence electrons. The van der Waals surface area contributed by atoms with E-state index in [1.807, 2.05) is 0 Å². The van der Waals surface area contributed by atoms with Crippen LogP contribution in [0.15, 0.2) is 4.99 Å². The lowest BCUT2D eigenvalue weighted by Gasteiger charge is -2.24. The van der Waals surface area contributed by atoms with Gasteiger partial charge < -0.3 is 15.1 Å². The molecule has 2 atom stereocenters. The second kappa shape index (κ2) is 10.7. The third kappa shape index (κ3) is 6.07. The average Bonchev–Trinajstić information content (AvgIpc) is 3.14. The minimum Gasteiger partial charge on any atom is -0.357 e. The van der Waals surface area contributed by atoms with Crippen molar-refractivity contribution in [3.8, 4) is 0 Å². The number of nitrogens with one attached hydrogen (secondary N) is 1. The average molecular weight is 436 g/mol. The van der Waals surface area contributed by atoms with Crippen molar-refractivity contribution in [2.45, 2.75) is 46.5 Å². The molecule has 0 aromatic rings. The Labute approximate surface area is 160 Å². The molecule has 5 heteroatoms. The molecule has 0 aromatic carbocycles. The second-order valence-corrected chi connectivity index (χ2v) is 7.18. The van der Waals surface area contributed by atoms with E-state index in [-0.39, 0.29) is 24.0 Å². The molecule has 0 saturated carbocycles. The van der Waals surface area contributed by atoms with Crippen LogP contribution in [0.4, 0.5) is 0 Å². The van der Waals surface area contributed by atoms with Crippen LogP contribution in [0.25, 0.3) is 0 Å². The molecule has 0 aromatic heterocycles. The van der Waals surface area contributed by atoms with E-state index < -0.39 is 0 Å². The monoisotopic (exact) mass is 436 g/mol. The fourth-order valence-corrected chi connectivity index (χ4v) is 4.14. The molecule has 2 fully saturated rings. The van der Waals surface area contributed by atoms with Crippen LogP contribution in [-0.4, -0.2) is 62.1 Å². The molecule has 2 unspecified atom stereocenters. The van der Waals surface area contributed by atoms with E-state index in [0.717, 1.165) is 36.8 Å². The Morgan fingerprint density at radius 1 is 1.13 bits per heavy atom. The van der Waals surface area contributed by atoms with Gasteiger partial charge in [0, 0.05) is 32.7 Å². The Morgan fingerprint density at radius 3 is 2.43 bits per heavy atom. The Kier molecular flexibility index (Phi) is 9.82. The third-order valence-electron chi connectivity index (χ3n) is 5.56. The first-order valence-electron chi connectivity index (χ1n) is 9.39. The highest BCUT2D eigenvalue weighted by Crippen LogP contribution is 2.28. The third-order valence-corrected chi connectivity index (χ3v) is 5.56. The molecule has 2 aliphatic heterocycles. The van der Waals surface area contributed by atoms with Gasteiger partial charge in [0.25, 0.3) is 0 Å². The highest BCUT2D eigenvalue weighted by atomic mass is 127. The number of nitrogens with zero attached hydrogens (tertiary/aromatic N) is 3. The van der Waals surface area contributed by atoms with Gasteiger partial charge in [0.05, 0.1) is 0 Å². The van der Waals surface area contributed by atoms with E-state index in [0.29, 0.717) is 0 Å². The molecule has 0 radical (unpaired) electrons. The van der Waals surface area contributed by atoms with Crippen LogP contribution in [0, 0.1) is 17.8 Å². The predicted octanol–water partition coefficient (Wildman–Crippen LogP) is 3.28. The lowest BCUT2D eigenvalue weighted by molar-refractivity contribution is 0.318. The van der Waals surface area contributed by atoms with Crippen LogP contribution in [0.1, 0.15) is 46.5 Å². The van der Waals surface area contributed by atoms with E-state index in [1.54, 1.807) is 0 Å². The van der Waals surface area contributed by atoms with Crippen LogP contribution < -0.4 is 5.32 Å². The quantitative estimate of drug-likeness (QED) is 0.394. The van der Waals surface area contributed by atoms with Gasteiger partial charge in [-0.1, -0.05) is 26.7 Å². The lowest BCUT2D eigenvalue weighted by Crippen LogP contribution is -2.40. The van der Waals surface area contributed by atoms with Gasteiger partial charge in [0.1, 0.15) is 0 Å². The zero-order valence-electron chi connectivity index (χ0n) is 15.6. The van der Waals surface area contributed by atoms with Crippen molar-refractivity contribution in [1.29, 1.82) is 0 Å². The lowest BCUT2D eigenvalue weighted by atomic mass is 9.87. The van der Waals surface area contributed by atoms with E-state index in [4.69, 9.17) is 4.99 Å². The smallest absolute Gasteiger partial charge is 0.193 e. The molecule has 1 N–H and O–H groups in total. The maximum absolute atomic E-state index is 4.96. The summed E-state index contributed by atoms with van der Waals surface area (Å²) in [5.74, 6) is 3.65. The van der Waals surface area contributed by atoms with Crippen molar-refractivity contribution in [3.63, 3.8) is 0 Å². The molecule has 0 spiro atoms. The van der Waals surface area contributed by atoms with Gasteiger partial charge >= 0.3 is 0 Å². The Balaban J connectivity index is 0.00000264. The molecular formula is C18H37IN4. The normalized spacial score (nSPS) is 26.0.